The van der Waals surface area contributed by atoms with Crippen LogP contribution in [0.15, 0.2) is 417 Å². The molecule has 0 saturated carbocycles. The molecular weight excluding hydrogens is 1490 g/mol. The van der Waals surface area contributed by atoms with Crippen LogP contribution in [-0.2, 0) is 9.31 Å². The third kappa shape index (κ3) is 12.6. The molecule has 0 amide bonds. The molecule has 0 N–H and O–H groups in total. The molecule has 0 radical (unpaired) electrons. The lowest BCUT2D eigenvalue weighted by atomic mass is 9.74. The Bertz CT molecular complexity index is 7290. The lowest BCUT2D eigenvalue weighted by Gasteiger charge is -2.32. The van der Waals surface area contributed by atoms with E-state index in [1.807, 2.05) is 0 Å². The average Bonchev–Trinajstić information content (AvgIpc) is 0.835. The average molecular weight is 1570 g/mol. The lowest BCUT2D eigenvalue weighted by molar-refractivity contribution is 0.00578. The van der Waals surface area contributed by atoms with Gasteiger partial charge in [0.2, 0.25) is 0 Å². The van der Waals surface area contributed by atoms with Crippen molar-refractivity contribution in [3.05, 3.63) is 417 Å². The standard InChI is InChI=1S/C54H34.C30H27BO2.C30H19Br/c1-2-15-36-32-38(29-28-35(36)14-1)37-16-13-17-39(33-37)53-48-24-9-11-26-50(48)54(51-27-12-10-25-49(51)53)40-30-31-47-45-22-6-5-20-43(45)41-18-3-4-19-42(41)44-21-7-8-23-46(44)52(47)34-40;1-29(2)30(3,4)33-31(32-29)20-17-18-27-25-15-8-7-13-23(25)21-11-5-6-12-22(21)24-14-9-10-16-26(24)28(27)19-20;31-30-27-14-5-3-12-25(27)29(26-13-4-6-15-28(26)30)24-11-7-10-22(19-24)23-17-16-20-8-1-2-9-21(20)18-23/h1-34H;5-19H,1-4H3;1-19H. The fraction of sp³-hybridized carbons (Fsp3) is 0.0526. The molecule has 20 aromatic rings. The molecule has 0 atom stereocenters. The number of rotatable bonds is 6. The fourth-order valence-electron chi connectivity index (χ4n) is 18.6. The first-order valence-electron chi connectivity index (χ1n) is 40.9. The van der Waals surface area contributed by atoms with Crippen molar-refractivity contribution in [2.24, 2.45) is 0 Å². The second-order valence-electron chi connectivity index (χ2n) is 32.3. The van der Waals surface area contributed by atoms with E-state index in [1.165, 1.54) is 209 Å². The molecule has 3 aliphatic rings. The van der Waals surface area contributed by atoms with Gasteiger partial charge in [-0.2, -0.15) is 0 Å². The van der Waals surface area contributed by atoms with Crippen LogP contribution >= 0.6 is 15.9 Å². The third-order valence-corrected chi connectivity index (χ3v) is 25.9. The van der Waals surface area contributed by atoms with Gasteiger partial charge in [-0.25, -0.2) is 0 Å². The second-order valence-corrected chi connectivity index (χ2v) is 33.1. The predicted molar refractivity (Wildman–Crippen MR) is 506 cm³/mol. The van der Waals surface area contributed by atoms with Crippen LogP contribution in [0, 0.1) is 0 Å². The number of hydrogen-bond donors (Lipinski definition) is 0. The largest absolute Gasteiger partial charge is 0.494 e. The normalized spacial score (nSPS) is 13.2. The van der Waals surface area contributed by atoms with Crippen molar-refractivity contribution in [2.75, 3.05) is 0 Å². The maximum Gasteiger partial charge on any atom is 0.494 e. The summed E-state index contributed by atoms with van der Waals surface area (Å²) in [5, 5.41) is 15.1. The van der Waals surface area contributed by atoms with E-state index in [1.54, 1.807) is 0 Å². The summed E-state index contributed by atoms with van der Waals surface area (Å²) in [7, 11) is -0.388. The highest BCUT2D eigenvalue weighted by molar-refractivity contribution is 9.10. The van der Waals surface area contributed by atoms with Gasteiger partial charge in [-0.3, -0.25) is 0 Å². The zero-order valence-electron chi connectivity index (χ0n) is 66.0. The first kappa shape index (κ1) is 72.2. The molecule has 0 spiro atoms. The van der Waals surface area contributed by atoms with Crippen molar-refractivity contribution < 1.29 is 9.31 Å². The van der Waals surface area contributed by atoms with Crippen LogP contribution in [0.4, 0.5) is 0 Å². The van der Waals surface area contributed by atoms with E-state index >= 15 is 0 Å². The zero-order valence-corrected chi connectivity index (χ0v) is 67.6. The molecular formula is C114H80BBrO2. The van der Waals surface area contributed by atoms with Gasteiger partial charge in [-0.1, -0.05) is 382 Å². The van der Waals surface area contributed by atoms with Crippen molar-refractivity contribution in [1.29, 1.82) is 0 Å². The summed E-state index contributed by atoms with van der Waals surface area (Å²) >= 11 is 3.86. The van der Waals surface area contributed by atoms with Gasteiger partial charge < -0.3 is 9.31 Å². The summed E-state index contributed by atoms with van der Waals surface area (Å²) in [5.74, 6) is 0. The predicted octanol–water partition coefficient (Wildman–Crippen LogP) is 31.3. The number of hydrogen-bond acceptors (Lipinski definition) is 2. The van der Waals surface area contributed by atoms with Crippen LogP contribution in [0.2, 0.25) is 0 Å². The van der Waals surface area contributed by atoms with Crippen molar-refractivity contribution >= 4 is 93.1 Å². The van der Waals surface area contributed by atoms with Crippen molar-refractivity contribution in [2.45, 2.75) is 38.9 Å². The first-order chi connectivity index (χ1) is 57.9. The van der Waals surface area contributed by atoms with Gasteiger partial charge in [0, 0.05) is 4.47 Å². The molecule has 0 bridgehead atoms. The van der Waals surface area contributed by atoms with Crippen LogP contribution in [0.3, 0.4) is 0 Å². The molecule has 1 heterocycles. The third-order valence-electron chi connectivity index (χ3n) is 25.0. The zero-order chi connectivity index (χ0) is 79.2. The van der Waals surface area contributed by atoms with E-state index in [9.17, 15) is 0 Å². The first-order valence-corrected chi connectivity index (χ1v) is 41.7. The molecule has 4 heteroatoms. The maximum atomic E-state index is 6.39. The lowest BCUT2D eigenvalue weighted by Crippen LogP contribution is -2.41. The van der Waals surface area contributed by atoms with Gasteiger partial charge in [0.15, 0.2) is 0 Å². The second kappa shape index (κ2) is 29.6. The SMILES string of the molecule is Brc1c2ccccc2c(-c2cccc(-c3ccc4ccccc4c3)c2)c2ccccc12.CC1(C)OB(c2ccc3c(c2)-c2ccccc2-c2ccccc2-c2ccccc2-3)OC1(C)C.c1cc(-c2ccc3ccccc3c2)cc(-c2c3ccccc3c(-c3ccc4c(c3)-c3ccccc3-c3ccccc3-c3ccccc3-4)c3ccccc23)c1. The number of halogens is 1. The van der Waals surface area contributed by atoms with Gasteiger partial charge in [-0.05, 0) is 289 Å². The van der Waals surface area contributed by atoms with Gasteiger partial charge in [0.25, 0.3) is 0 Å². The Morgan fingerprint density at radius 1 is 0.186 bits per heavy atom. The summed E-state index contributed by atoms with van der Waals surface area (Å²) in [5.41, 5.74) is 32.8. The van der Waals surface area contributed by atoms with Gasteiger partial charge in [-0.15, -0.1) is 0 Å². The molecule has 0 aromatic heterocycles. The molecule has 20 aromatic carbocycles. The number of benzene rings is 20. The van der Waals surface area contributed by atoms with Gasteiger partial charge >= 0.3 is 7.12 Å². The highest BCUT2D eigenvalue weighted by Crippen LogP contribution is 2.53. The summed E-state index contributed by atoms with van der Waals surface area (Å²) in [6.45, 7) is 8.40. The van der Waals surface area contributed by atoms with Crippen LogP contribution in [-0.4, -0.2) is 18.3 Å². The molecule has 23 rings (SSSR count). The molecule has 2 nitrogen and oxygen atoms in total. The molecule has 1 saturated heterocycles. The molecule has 558 valence electrons. The number of fused-ring (bicyclic) bond motifs is 22. The highest BCUT2D eigenvalue weighted by Gasteiger charge is 2.52. The van der Waals surface area contributed by atoms with Gasteiger partial charge in [0.1, 0.15) is 0 Å². The van der Waals surface area contributed by atoms with E-state index in [0.717, 1.165) is 9.94 Å². The molecule has 0 unspecified atom stereocenters. The summed E-state index contributed by atoms with van der Waals surface area (Å²) in [6, 6.07) is 151. The molecule has 1 aliphatic heterocycles. The minimum Gasteiger partial charge on any atom is -0.399 e. The van der Waals surface area contributed by atoms with E-state index in [0.29, 0.717) is 0 Å². The summed E-state index contributed by atoms with van der Waals surface area (Å²) in [4.78, 5) is 0. The van der Waals surface area contributed by atoms with Crippen LogP contribution in [0.5, 0.6) is 0 Å². The van der Waals surface area contributed by atoms with Crippen molar-refractivity contribution in [3.63, 3.8) is 0 Å². The summed E-state index contributed by atoms with van der Waals surface area (Å²) < 4.78 is 13.9. The Balaban J connectivity index is 0.000000117. The Hall–Kier alpha value is -13.6. The van der Waals surface area contributed by atoms with E-state index in [2.05, 4.69) is 456 Å². The van der Waals surface area contributed by atoms with E-state index < -0.39 is 0 Å². The fourth-order valence-corrected chi connectivity index (χ4v) is 19.3. The Morgan fingerprint density at radius 3 is 0.771 bits per heavy atom. The Morgan fingerprint density at radius 2 is 0.424 bits per heavy atom. The van der Waals surface area contributed by atoms with Crippen LogP contribution < -0.4 is 5.46 Å². The maximum absolute atomic E-state index is 6.39. The highest BCUT2D eigenvalue weighted by atomic mass is 79.9. The van der Waals surface area contributed by atoms with Crippen LogP contribution in [0.25, 0.3) is 209 Å². The van der Waals surface area contributed by atoms with E-state index in [-0.39, 0.29) is 18.3 Å². The quantitative estimate of drug-likeness (QED) is 0.122. The molecule has 1 fully saturated rings. The summed E-state index contributed by atoms with van der Waals surface area (Å²) in [6.07, 6.45) is 0. The molecule has 2 aliphatic carbocycles. The topological polar surface area (TPSA) is 18.5 Å². The minimum absolute atomic E-state index is 0.370. The van der Waals surface area contributed by atoms with Gasteiger partial charge in [0.05, 0.1) is 11.2 Å². The molecule has 118 heavy (non-hydrogen) atoms. The Kier molecular flexibility index (Phi) is 18.1. The van der Waals surface area contributed by atoms with Crippen molar-refractivity contribution in [1.82, 2.24) is 0 Å². The minimum atomic E-state index is -0.388. The smallest absolute Gasteiger partial charge is 0.399 e. The monoisotopic (exact) mass is 1570 g/mol. The van der Waals surface area contributed by atoms with Crippen molar-refractivity contribution in [3.8, 4) is 145 Å². The van der Waals surface area contributed by atoms with E-state index in [4.69, 9.17) is 9.31 Å². The van der Waals surface area contributed by atoms with Crippen LogP contribution in [0.1, 0.15) is 27.7 Å². The Labute approximate surface area is 697 Å².